The molecule has 106 valence electrons. The number of phenolic OH excluding ortho intramolecular Hbond substituents is 1. The lowest BCUT2D eigenvalue weighted by molar-refractivity contribution is -0.138. The smallest absolute Gasteiger partial charge is 0.419 e. The Balaban J connectivity index is 2.14. The molecule has 0 heterocycles. The van der Waals surface area contributed by atoms with Gasteiger partial charge in [-0.2, -0.15) is 13.2 Å². The molecule has 0 aliphatic heterocycles. The van der Waals surface area contributed by atoms with Crippen molar-refractivity contribution in [3.8, 4) is 11.5 Å². The zero-order valence-corrected chi connectivity index (χ0v) is 10.1. The number of alkyl halides is 3. The molecule has 0 saturated heterocycles. The summed E-state index contributed by atoms with van der Waals surface area (Å²) in [6, 6.07) is 8.35. The van der Waals surface area contributed by atoms with Crippen molar-refractivity contribution < 1.29 is 27.4 Å². The van der Waals surface area contributed by atoms with E-state index in [4.69, 9.17) is 4.74 Å². The van der Waals surface area contributed by atoms with Crippen molar-refractivity contribution in [3.63, 3.8) is 0 Å². The monoisotopic (exact) mass is 286 g/mol. The van der Waals surface area contributed by atoms with E-state index in [1.165, 1.54) is 24.3 Å². The zero-order chi connectivity index (χ0) is 14.8. The van der Waals surface area contributed by atoms with E-state index < -0.39 is 23.3 Å². The van der Waals surface area contributed by atoms with Gasteiger partial charge in [-0.05, 0) is 29.8 Å². The quantitative estimate of drug-likeness (QED) is 0.860. The van der Waals surface area contributed by atoms with E-state index in [2.05, 4.69) is 0 Å². The third-order valence-electron chi connectivity index (χ3n) is 2.57. The van der Waals surface area contributed by atoms with Crippen LogP contribution in [0, 0.1) is 5.82 Å². The Bertz CT molecular complexity index is 608. The predicted molar refractivity (Wildman–Crippen MR) is 63.8 cm³/mol. The summed E-state index contributed by atoms with van der Waals surface area (Å²) in [5, 5.41) is 9.18. The molecule has 2 rings (SSSR count). The maximum Gasteiger partial charge on any atom is 0.419 e. The van der Waals surface area contributed by atoms with Gasteiger partial charge in [-0.25, -0.2) is 4.39 Å². The molecule has 6 heteroatoms. The lowest BCUT2D eigenvalue weighted by atomic mass is 10.1. The number of hydrogen-bond acceptors (Lipinski definition) is 2. The molecule has 0 aliphatic rings. The molecule has 0 spiro atoms. The molecule has 0 saturated carbocycles. The van der Waals surface area contributed by atoms with Crippen LogP contribution in [-0.4, -0.2) is 5.11 Å². The number of ether oxygens (including phenoxy) is 1. The van der Waals surface area contributed by atoms with Gasteiger partial charge in [0, 0.05) is 6.07 Å². The number of aromatic hydroxyl groups is 1. The zero-order valence-electron chi connectivity index (χ0n) is 10.1. The van der Waals surface area contributed by atoms with Crippen LogP contribution in [0.25, 0.3) is 0 Å². The van der Waals surface area contributed by atoms with Crippen molar-refractivity contribution in [3.05, 3.63) is 59.4 Å². The van der Waals surface area contributed by atoms with Crippen LogP contribution in [0.4, 0.5) is 17.6 Å². The Morgan fingerprint density at radius 1 is 1.05 bits per heavy atom. The van der Waals surface area contributed by atoms with Gasteiger partial charge in [0.2, 0.25) is 0 Å². The molecule has 2 aromatic carbocycles. The SMILES string of the molecule is Oc1ccc(COc2cccc(F)c2)cc1C(F)(F)F. The van der Waals surface area contributed by atoms with Crippen LogP contribution in [0.5, 0.6) is 11.5 Å². The number of benzene rings is 2. The molecule has 0 bridgehead atoms. The van der Waals surface area contributed by atoms with Gasteiger partial charge in [0.15, 0.2) is 0 Å². The minimum atomic E-state index is -4.64. The van der Waals surface area contributed by atoms with E-state index in [-0.39, 0.29) is 17.9 Å². The molecular formula is C14H10F4O2. The summed E-state index contributed by atoms with van der Waals surface area (Å²) in [6.07, 6.45) is -4.64. The van der Waals surface area contributed by atoms with Crippen LogP contribution in [0.15, 0.2) is 42.5 Å². The van der Waals surface area contributed by atoms with Gasteiger partial charge in [-0.15, -0.1) is 0 Å². The Kier molecular flexibility index (Phi) is 3.83. The Hall–Kier alpha value is -2.24. The first-order valence-corrected chi connectivity index (χ1v) is 5.64. The van der Waals surface area contributed by atoms with E-state index in [0.29, 0.717) is 0 Å². The minimum Gasteiger partial charge on any atom is -0.507 e. The van der Waals surface area contributed by atoms with Gasteiger partial charge in [0.25, 0.3) is 0 Å². The molecule has 20 heavy (non-hydrogen) atoms. The second-order valence-electron chi connectivity index (χ2n) is 4.10. The predicted octanol–water partition coefficient (Wildman–Crippen LogP) is 4.13. The highest BCUT2D eigenvalue weighted by Gasteiger charge is 2.33. The minimum absolute atomic E-state index is 0.160. The highest BCUT2D eigenvalue weighted by molar-refractivity contribution is 5.38. The van der Waals surface area contributed by atoms with E-state index >= 15 is 0 Å². The first kappa shape index (κ1) is 14.2. The molecule has 0 aliphatic carbocycles. The number of rotatable bonds is 3. The summed E-state index contributed by atoms with van der Waals surface area (Å²) in [7, 11) is 0. The maximum absolute atomic E-state index is 12.9. The van der Waals surface area contributed by atoms with Crippen molar-refractivity contribution >= 4 is 0 Å². The van der Waals surface area contributed by atoms with Gasteiger partial charge in [-0.3, -0.25) is 0 Å². The highest BCUT2D eigenvalue weighted by Crippen LogP contribution is 2.36. The molecule has 0 aromatic heterocycles. The number of phenols is 1. The van der Waals surface area contributed by atoms with Crippen LogP contribution in [-0.2, 0) is 12.8 Å². The average molecular weight is 286 g/mol. The lowest BCUT2D eigenvalue weighted by Crippen LogP contribution is -2.07. The van der Waals surface area contributed by atoms with Crippen molar-refractivity contribution in [1.29, 1.82) is 0 Å². The topological polar surface area (TPSA) is 29.5 Å². The molecule has 0 fully saturated rings. The molecule has 0 unspecified atom stereocenters. The fourth-order valence-electron chi connectivity index (χ4n) is 1.62. The van der Waals surface area contributed by atoms with Gasteiger partial charge in [-0.1, -0.05) is 12.1 Å². The Morgan fingerprint density at radius 2 is 1.80 bits per heavy atom. The fourth-order valence-corrected chi connectivity index (χ4v) is 1.62. The van der Waals surface area contributed by atoms with E-state index in [0.717, 1.165) is 18.2 Å². The van der Waals surface area contributed by atoms with Gasteiger partial charge in [0.05, 0.1) is 5.56 Å². The van der Waals surface area contributed by atoms with Crippen LogP contribution in [0.1, 0.15) is 11.1 Å². The third kappa shape index (κ3) is 3.40. The molecule has 1 N–H and O–H groups in total. The maximum atomic E-state index is 12.9. The number of hydrogen-bond donors (Lipinski definition) is 1. The summed E-state index contributed by atoms with van der Waals surface area (Å²) in [4.78, 5) is 0. The summed E-state index contributed by atoms with van der Waals surface area (Å²) in [5.41, 5.74) is -0.905. The normalized spacial score (nSPS) is 11.4. The molecular weight excluding hydrogens is 276 g/mol. The summed E-state index contributed by atoms with van der Waals surface area (Å²) in [6.45, 7) is -0.160. The second-order valence-corrected chi connectivity index (χ2v) is 4.10. The van der Waals surface area contributed by atoms with Crippen LogP contribution >= 0.6 is 0 Å². The average Bonchev–Trinajstić information content (AvgIpc) is 2.36. The molecule has 0 atom stereocenters. The fraction of sp³-hybridized carbons (Fsp3) is 0.143. The molecule has 0 amide bonds. The van der Waals surface area contributed by atoms with Crippen LogP contribution in [0.3, 0.4) is 0 Å². The Labute approximate surface area is 112 Å². The van der Waals surface area contributed by atoms with Crippen molar-refractivity contribution in [1.82, 2.24) is 0 Å². The lowest BCUT2D eigenvalue weighted by Gasteiger charge is -2.11. The van der Waals surface area contributed by atoms with E-state index in [1.54, 1.807) is 0 Å². The third-order valence-corrected chi connectivity index (χ3v) is 2.57. The molecule has 0 radical (unpaired) electrons. The van der Waals surface area contributed by atoms with Crippen molar-refractivity contribution in [2.45, 2.75) is 12.8 Å². The summed E-state index contributed by atoms with van der Waals surface area (Å²) in [5.74, 6) is -1.12. The van der Waals surface area contributed by atoms with Crippen LogP contribution in [0.2, 0.25) is 0 Å². The van der Waals surface area contributed by atoms with Crippen molar-refractivity contribution in [2.75, 3.05) is 0 Å². The van der Waals surface area contributed by atoms with Gasteiger partial charge in [0.1, 0.15) is 23.9 Å². The van der Waals surface area contributed by atoms with Gasteiger partial charge < -0.3 is 9.84 Å². The molecule has 2 aromatic rings. The highest BCUT2D eigenvalue weighted by atomic mass is 19.4. The van der Waals surface area contributed by atoms with Crippen molar-refractivity contribution in [2.24, 2.45) is 0 Å². The first-order valence-electron chi connectivity index (χ1n) is 5.64. The van der Waals surface area contributed by atoms with E-state index in [9.17, 15) is 22.7 Å². The van der Waals surface area contributed by atoms with Crippen LogP contribution < -0.4 is 4.74 Å². The largest absolute Gasteiger partial charge is 0.507 e. The molecule has 2 nitrogen and oxygen atoms in total. The summed E-state index contributed by atoms with van der Waals surface area (Å²) >= 11 is 0. The van der Waals surface area contributed by atoms with E-state index in [1.807, 2.05) is 0 Å². The Morgan fingerprint density at radius 3 is 2.45 bits per heavy atom. The standard InChI is InChI=1S/C14H10F4O2/c15-10-2-1-3-11(7-10)20-8-9-4-5-13(19)12(6-9)14(16,17)18/h1-7,19H,8H2. The van der Waals surface area contributed by atoms with Gasteiger partial charge >= 0.3 is 6.18 Å². The summed E-state index contributed by atoms with van der Waals surface area (Å²) < 4.78 is 55.9. The number of halogens is 4. The second kappa shape index (κ2) is 5.40. The first-order chi connectivity index (χ1) is 9.36.